The van der Waals surface area contributed by atoms with E-state index in [2.05, 4.69) is 37.9 Å². The van der Waals surface area contributed by atoms with Crippen molar-refractivity contribution in [2.45, 2.75) is 165 Å². The largest absolute Gasteiger partial charge is 0.389 e. The number of nitrogens with zero attached hydrogens (tertiary/aromatic N) is 1. The zero-order chi connectivity index (χ0) is 35.7. The van der Waals surface area contributed by atoms with Crippen molar-refractivity contribution in [3.63, 3.8) is 0 Å². The van der Waals surface area contributed by atoms with Gasteiger partial charge in [0.2, 0.25) is 0 Å². The fourth-order valence-electron chi connectivity index (χ4n) is 6.25. The molecule has 3 fully saturated rings. The van der Waals surface area contributed by atoms with E-state index in [1.54, 1.807) is 13.1 Å². The van der Waals surface area contributed by atoms with Crippen molar-refractivity contribution < 1.29 is 44.5 Å². The third kappa shape index (κ3) is 10.9. The van der Waals surface area contributed by atoms with Crippen LogP contribution < -0.4 is 22.9 Å². The van der Waals surface area contributed by atoms with Crippen molar-refractivity contribution in [2.24, 2.45) is 27.9 Å². The van der Waals surface area contributed by atoms with Gasteiger partial charge in [-0.2, -0.15) is 0 Å². The maximum absolute atomic E-state index is 11.3. The van der Waals surface area contributed by atoms with E-state index in [1.807, 2.05) is 13.0 Å². The van der Waals surface area contributed by atoms with Gasteiger partial charge in [0, 0.05) is 18.3 Å². The molecule has 48 heavy (non-hydrogen) atoms. The number of hydrogen-bond donors (Lipinski definition) is 9. The van der Waals surface area contributed by atoms with Crippen LogP contribution in [-0.2, 0) is 18.9 Å². The van der Waals surface area contributed by atoms with Crippen LogP contribution in [0.5, 0.6) is 0 Å². The van der Waals surface area contributed by atoms with Crippen LogP contribution in [0.3, 0.4) is 0 Å². The predicted molar refractivity (Wildman–Crippen MR) is 183 cm³/mol. The molecule has 0 radical (unpaired) electrons. The van der Waals surface area contributed by atoms with E-state index in [0.717, 1.165) is 31.3 Å². The molecule has 276 valence electrons. The standard InChI is InChI=1S/C34H61N5O9/c1-6-22-26(40)24(37)29(43)34(45-22)48-32-21(36)15-20(35)31(30(32)44)47-33-25(38)28(42)27(41)23(46-33)16-39-14-13-19(5)12-8-11-18(4)10-7-9-17(2)3/h9,11,13-14,20-34,40-44H,6-8,10,12,15-16,35-38H2,1-5H3/b18-11+,19-13+,39-14?. The number of aliphatic imine (C=N–C) groups is 1. The first-order valence-electron chi connectivity index (χ1n) is 17.1. The summed E-state index contributed by atoms with van der Waals surface area (Å²) in [6.45, 7) is 10.2. The lowest BCUT2D eigenvalue weighted by Crippen LogP contribution is -2.69. The summed E-state index contributed by atoms with van der Waals surface area (Å²) in [6, 6.07) is -3.72. The summed E-state index contributed by atoms with van der Waals surface area (Å²) in [6.07, 6.45) is -0.416. The van der Waals surface area contributed by atoms with Gasteiger partial charge in [0.15, 0.2) is 12.6 Å². The van der Waals surface area contributed by atoms with E-state index in [4.69, 9.17) is 41.9 Å². The van der Waals surface area contributed by atoms with Crippen LogP contribution in [0.1, 0.15) is 73.1 Å². The normalized spacial score (nSPS) is 41.5. The molecule has 0 amide bonds. The average Bonchev–Trinajstić information content (AvgIpc) is 3.03. The SMILES string of the molecule is CCC1OC(OC2C(N)CC(N)C(OC3OC(CN=C/C=C(\C)CC/C=C(\C)CCC=C(C)C)C(O)C(O)C3N)C2O)C(O)C(N)C1O. The Morgan fingerprint density at radius 1 is 0.708 bits per heavy atom. The van der Waals surface area contributed by atoms with Crippen molar-refractivity contribution in [3.8, 4) is 0 Å². The predicted octanol–water partition coefficient (Wildman–Crippen LogP) is -0.376. The number of allylic oxidation sites excluding steroid dienone is 6. The summed E-state index contributed by atoms with van der Waals surface area (Å²) >= 11 is 0. The lowest BCUT2D eigenvalue weighted by Gasteiger charge is -2.48. The Kier molecular flexibility index (Phi) is 16.2. The van der Waals surface area contributed by atoms with E-state index in [-0.39, 0.29) is 13.0 Å². The van der Waals surface area contributed by atoms with Gasteiger partial charge in [-0.05, 0) is 72.3 Å². The van der Waals surface area contributed by atoms with E-state index in [0.29, 0.717) is 6.42 Å². The lowest BCUT2D eigenvalue weighted by atomic mass is 9.84. The molecule has 1 aliphatic carbocycles. The van der Waals surface area contributed by atoms with Crippen LogP contribution in [0.25, 0.3) is 0 Å². The van der Waals surface area contributed by atoms with Crippen LogP contribution in [0.2, 0.25) is 0 Å². The molecule has 3 aliphatic rings. The summed E-state index contributed by atoms with van der Waals surface area (Å²) in [4.78, 5) is 4.38. The fraction of sp³-hybridized carbons (Fsp3) is 0.794. The summed E-state index contributed by atoms with van der Waals surface area (Å²) in [5.41, 5.74) is 28.7. The number of aliphatic hydroxyl groups is 5. The molecule has 0 aromatic carbocycles. The Morgan fingerprint density at radius 2 is 1.29 bits per heavy atom. The second kappa shape index (κ2) is 19.1. The third-order valence-corrected chi connectivity index (χ3v) is 9.42. The van der Waals surface area contributed by atoms with E-state index < -0.39 is 91.7 Å². The average molecular weight is 684 g/mol. The smallest absolute Gasteiger partial charge is 0.186 e. The van der Waals surface area contributed by atoms with Crippen molar-refractivity contribution in [1.82, 2.24) is 0 Å². The van der Waals surface area contributed by atoms with Gasteiger partial charge in [-0.15, -0.1) is 0 Å². The van der Waals surface area contributed by atoms with E-state index >= 15 is 0 Å². The second-order valence-corrected chi connectivity index (χ2v) is 13.8. The maximum atomic E-state index is 11.3. The number of aliphatic hydroxyl groups excluding tert-OH is 5. The first-order chi connectivity index (χ1) is 22.7. The molecule has 15 unspecified atom stereocenters. The molecule has 0 bridgehead atoms. The Bertz CT molecular complexity index is 1120. The fourth-order valence-corrected chi connectivity index (χ4v) is 6.25. The molecule has 15 atom stereocenters. The van der Waals surface area contributed by atoms with Crippen molar-refractivity contribution in [1.29, 1.82) is 0 Å². The van der Waals surface area contributed by atoms with Crippen LogP contribution in [0.15, 0.2) is 39.9 Å². The van der Waals surface area contributed by atoms with Gasteiger partial charge in [0.1, 0.15) is 42.7 Å². The third-order valence-electron chi connectivity index (χ3n) is 9.42. The van der Waals surface area contributed by atoms with Crippen molar-refractivity contribution in [2.75, 3.05) is 6.54 Å². The first kappa shape index (κ1) is 40.8. The Hall–Kier alpha value is -1.63. The van der Waals surface area contributed by atoms with Gasteiger partial charge in [-0.3, -0.25) is 4.99 Å². The minimum absolute atomic E-state index is 0.0233. The topological polar surface area (TPSA) is 255 Å². The number of rotatable bonds is 14. The Balaban J connectivity index is 1.59. The Labute approximate surface area is 284 Å². The highest BCUT2D eigenvalue weighted by Gasteiger charge is 2.51. The summed E-state index contributed by atoms with van der Waals surface area (Å²) in [7, 11) is 0. The maximum Gasteiger partial charge on any atom is 0.186 e. The molecule has 2 heterocycles. The van der Waals surface area contributed by atoms with Crippen LogP contribution in [-0.4, -0.2) is 130 Å². The number of hydrogen-bond acceptors (Lipinski definition) is 14. The number of ether oxygens (including phenoxy) is 4. The van der Waals surface area contributed by atoms with Gasteiger partial charge < -0.3 is 67.4 Å². The lowest BCUT2D eigenvalue weighted by molar-refractivity contribution is -0.317. The molecule has 2 aliphatic heterocycles. The molecular formula is C34H61N5O9. The van der Waals surface area contributed by atoms with Gasteiger partial charge in [-0.25, -0.2) is 0 Å². The highest BCUT2D eigenvalue weighted by Crippen LogP contribution is 2.31. The quantitative estimate of drug-likeness (QED) is 0.0837. The highest BCUT2D eigenvalue weighted by molar-refractivity contribution is 5.72. The van der Waals surface area contributed by atoms with Gasteiger partial charge in [0.05, 0.1) is 30.8 Å². The molecule has 3 rings (SSSR count). The first-order valence-corrected chi connectivity index (χ1v) is 17.1. The summed E-state index contributed by atoms with van der Waals surface area (Å²) in [5.74, 6) is 0. The number of nitrogens with two attached hydrogens (primary N) is 4. The van der Waals surface area contributed by atoms with Crippen LogP contribution >= 0.6 is 0 Å². The van der Waals surface area contributed by atoms with Gasteiger partial charge in [-0.1, -0.05) is 35.8 Å². The zero-order valence-corrected chi connectivity index (χ0v) is 29.0. The van der Waals surface area contributed by atoms with Crippen LogP contribution in [0.4, 0.5) is 0 Å². The molecule has 13 N–H and O–H groups in total. The van der Waals surface area contributed by atoms with Crippen molar-refractivity contribution >= 4 is 6.21 Å². The molecule has 2 saturated heterocycles. The minimum Gasteiger partial charge on any atom is -0.389 e. The van der Waals surface area contributed by atoms with Gasteiger partial charge >= 0.3 is 0 Å². The Morgan fingerprint density at radius 3 is 1.92 bits per heavy atom. The second-order valence-electron chi connectivity index (χ2n) is 13.8. The van der Waals surface area contributed by atoms with Crippen LogP contribution in [0, 0.1) is 0 Å². The molecule has 14 nitrogen and oxygen atoms in total. The molecule has 1 saturated carbocycles. The van der Waals surface area contributed by atoms with Gasteiger partial charge in [0.25, 0.3) is 0 Å². The van der Waals surface area contributed by atoms with Crippen molar-refractivity contribution in [3.05, 3.63) is 34.9 Å². The monoisotopic (exact) mass is 683 g/mol. The van der Waals surface area contributed by atoms with E-state index in [9.17, 15) is 25.5 Å². The molecule has 0 spiro atoms. The highest BCUT2D eigenvalue weighted by atomic mass is 16.7. The molecule has 0 aromatic rings. The minimum atomic E-state index is -1.41. The van der Waals surface area contributed by atoms with E-state index in [1.165, 1.54) is 11.1 Å². The summed E-state index contributed by atoms with van der Waals surface area (Å²) < 4.78 is 23.7. The zero-order valence-electron chi connectivity index (χ0n) is 29.0. The molecule has 14 heteroatoms. The summed E-state index contributed by atoms with van der Waals surface area (Å²) in [5, 5.41) is 53.7. The molecule has 0 aromatic heterocycles. The molecular weight excluding hydrogens is 622 g/mol.